The van der Waals surface area contributed by atoms with Crippen molar-refractivity contribution in [1.29, 1.82) is 0 Å². The van der Waals surface area contributed by atoms with E-state index in [2.05, 4.69) is 0 Å². The zero-order chi connectivity index (χ0) is 12.9. The minimum Gasteiger partial charge on any atom is -0.460 e. The molecule has 94 valence electrons. The summed E-state index contributed by atoms with van der Waals surface area (Å²) in [5.41, 5.74) is -1.28. The van der Waals surface area contributed by atoms with Crippen LogP contribution < -0.4 is 0 Å². The summed E-state index contributed by atoms with van der Waals surface area (Å²) in [6.45, 7) is 5.42. The van der Waals surface area contributed by atoms with Gasteiger partial charge >= 0.3 is 5.97 Å². The van der Waals surface area contributed by atoms with E-state index in [-0.39, 0.29) is 12.4 Å². The molecule has 0 saturated heterocycles. The summed E-state index contributed by atoms with van der Waals surface area (Å²) in [5.74, 6) is -0.381. The van der Waals surface area contributed by atoms with Gasteiger partial charge in [-0.05, 0) is 32.9 Å². The van der Waals surface area contributed by atoms with Crippen LogP contribution in [-0.2, 0) is 9.53 Å². The minimum atomic E-state index is -0.771. The number of carbonyl (C=O) groups is 1. The van der Waals surface area contributed by atoms with Crippen LogP contribution in [-0.4, -0.2) is 22.1 Å². The van der Waals surface area contributed by atoms with Gasteiger partial charge in [0.2, 0.25) is 0 Å². The summed E-state index contributed by atoms with van der Waals surface area (Å²) < 4.78 is 5.13. The molecule has 1 rings (SSSR count). The van der Waals surface area contributed by atoms with E-state index in [4.69, 9.17) is 4.74 Å². The van der Waals surface area contributed by atoms with E-state index in [1.165, 1.54) is 11.8 Å². The lowest BCUT2D eigenvalue weighted by Gasteiger charge is -2.20. The molecule has 0 aliphatic heterocycles. The second-order valence-corrected chi connectivity index (χ2v) is 5.93. The fourth-order valence-corrected chi connectivity index (χ4v) is 2.07. The highest BCUT2D eigenvalue weighted by Gasteiger charge is 2.19. The topological polar surface area (TPSA) is 46.5 Å². The molecule has 0 fully saturated rings. The van der Waals surface area contributed by atoms with Crippen LogP contribution in [0.5, 0.6) is 0 Å². The summed E-state index contributed by atoms with van der Waals surface area (Å²) in [4.78, 5) is 12.4. The first-order valence-corrected chi connectivity index (χ1v) is 6.36. The average molecular weight is 254 g/mol. The smallest absolute Gasteiger partial charge is 0.309 e. The number of rotatable bonds is 4. The molecule has 17 heavy (non-hydrogen) atoms. The molecule has 0 amide bonds. The molecule has 0 spiro atoms. The monoisotopic (exact) mass is 254 g/mol. The molecule has 1 aromatic rings. The number of thioether (sulfide) groups is 1. The van der Waals surface area contributed by atoms with Gasteiger partial charge in [-0.2, -0.15) is 0 Å². The Morgan fingerprint density at radius 2 is 1.94 bits per heavy atom. The normalized spacial score (nSPS) is 13.2. The van der Waals surface area contributed by atoms with Crippen molar-refractivity contribution >= 4 is 17.7 Å². The minimum absolute atomic E-state index is 0.00314. The zero-order valence-electron chi connectivity index (χ0n) is 10.3. The van der Waals surface area contributed by atoms with E-state index in [9.17, 15) is 9.90 Å². The van der Waals surface area contributed by atoms with Gasteiger partial charge in [0.1, 0.15) is 11.0 Å². The van der Waals surface area contributed by atoms with Crippen molar-refractivity contribution in [1.82, 2.24) is 0 Å². The van der Waals surface area contributed by atoms with Crippen molar-refractivity contribution in [2.75, 3.05) is 0 Å². The predicted molar refractivity (Wildman–Crippen MR) is 68.8 cm³/mol. The molecule has 1 atom stereocenters. The van der Waals surface area contributed by atoms with Gasteiger partial charge in [-0.1, -0.05) is 30.0 Å². The largest absolute Gasteiger partial charge is 0.460 e. The average Bonchev–Trinajstić information content (AvgIpc) is 2.15. The number of esters is 1. The first-order chi connectivity index (χ1) is 7.87. The third-order valence-electron chi connectivity index (χ3n) is 1.78. The van der Waals surface area contributed by atoms with Crippen LogP contribution in [0.3, 0.4) is 0 Å². The lowest BCUT2D eigenvalue weighted by Crippen LogP contribution is -2.25. The molecular formula is C13H18O3S. The Morgan fingerprint density at radius 3 is 2.47 bits per heavy atom. The molecule has 1 unspecified atom stereocenters. The number of ether oxygens (including phenoxy) is 1. The van der Waals surface area contributed by atoms with Gasteiger partial charge in [-0.15, -0.1) is 0 Å². The number of benzene rings is 1. The van der Waals surface area contributed by atoms with Crippen LogP contribution in [0.2, 0.25) is 0 Å². The van der Waals surface area contributed by atoms with Crippen molar-refractivity contribution in [3.63, 3.8) is 0 Å². The molecule has 0 bridgehead atoms. The van der Waals surface area contributed by atoms with Crippen LogP contribution in [0.4, 0.5) is 0 Å². The Morgan fingerprint density at radius 1 is 1.35 bits per heavy atom. The second kappa shape index (κ2) is 6.07. The van der Waals surface area contributed by atoms with Gasteiger partial charge in [-0.3, -0.25) is 4.79 Å². The highest BCUT2D eigenvalue weighted by atomic mass is 32.2. The van der Waals surface area contributed by atoms with Crippen molar-refractivity contribution in [2.45, 2.75) is 43.1 Å². The lowest BCUT2D eigenvalue weighted by atomic mass is 10.2. The summed E-state index contributed by atoms with van der Waals surface area (Å²) in [6, 6.07) is 9.47. The fourth-order valence-electron chi connectivity index (χ4n) is 1.22. The van der Waals surface area contributed by atoms with Crippen molar-refractivity contribution in [3.8, 4) is 0 Å². The quantitative estimate of drug-likeness (QED) is 0.510. The van der Waals surface area contributed by atoms with Crippen LogP contribution in [0, 0.1) is 0 Å². The van der Waals surface area contributed by atoms with Gasteiger partial charge in [-0.25, -0.2) is 0 Å². The Balaban J connectivity index is 2.40. The van der Waals surface area contributed by atoms with E-state index < -0.39 is 11.0 Å². The van der Waals surface area contributed by atoms with Crippen LogP contribution in [0.25, 0.3) is 0 Å². The summed E-state index contributed by atoms with van der Waals surface area (Å²) in [6.07, 6.45) is -0.00314. The maximum Gasteiger partial charge on any atom is 0.309 e. The number of aliphatic hydroxyl groups is 1. The fraction of sp³-hybridized carbons (Fsp3) is 0.462. The third kappa shape index (κ3) is 6.34. The Labute approximate surface area is 106 Å². The Kier molecular flexibility index (Phi) is 5.02. The van der Waals surface area contributed by atoms with E-state index >= 15 is 0 Å². The molecule has 0 saturated carbocycles. The summed E-state index contributed by atoms with van der Waals surface area (Å²) in [5, 5.41) is 9.73. The lowest BCUT2D eigenvalue weighted by molar-refractivity contribution is -0.155. The van der Waals surface area contributed by atoms with E-state index in [0.29, 0.717) is 0 Å². The van der Waals surface area contributed by atoms with Gasteiger partial charge in [0.05, 0.1) is 6.42 Å². The molecule has 0 heterocycles. The molecular weight excluding hydrogens is 236 g/mol. The molecule has 0 aromatic heterocycles. The van der Waals surface area contributed by atoms with E-state index in [1.54, 1.807) is 0 Å². The summed E-state index contributed by atoms with van der Waals surface area (Å²) >= 11 is 1.25. The van der Waals surface area contributed by atoms with Crippen LogP contribution in [0.15, 0.2) is 35.2 Å². The molecule has 4 heteroatoms. The molecule has 1 aromatic carbocycles. The van der Waals surface area contributed by atoms with E-state index in [1.807, 2.05) is 51.1 Å². The van der Waals surface area contributed by atoms with E-state index in [0.717, 1.165) is 4.90 Å². The highest BCUT2D eigenvalue weighted by molar-refractivity contribution is 7.99. The van der Waals surface area contributed by atoms with Crippen LogP contribution >= 0.6 is 11.8 Å². The first kappa shape index (κ1) is 14.1. The Hall–Kier alpha value is -1.00. The molecule has 1 N–H and O–H groups in total. The summed E-state index contributed by atoms with van der Waals surface area (Å²) in [7, 11) is 0. The first-order valence-electron chi connectivity index (χ1n) is 5.48. The molecule has 3 nitrogen and oxygen atoms in total. The van der Waals surface area contributed by atoms with Crippen LogP contribution in [0.1, 0.15) is 27.2 Å². The van der Waals surface area contributed by atoms with Gasteiger partial charge in [0.15, 0.2) is 0 Å². The predicted octanol–water partition coefficient (Wildman–Crippen LogP) is 2.83. The second-order valence-electron chi connectivity index (χ2n) is 4.68. The molecule has 0 aliphatic rings. The zero-order valence-corrected chi connectivity index (χ0v) is 11.2. The third-order valence-corrected chi connectivity index (χ3v) is 2.76. The number of hydrogen-bond donors (Lipinski definition) is 1. The number of carbonyl (C=O) groups excluding carboxylic acids is 1. The van der Waals surface area contributed by atoms with Gasteiger partial charge < -0.3 is 9.84 Å². The maximum absolute atomic E-state index is 11.5. The number of hydrogen-bond acceptors (Lipinski definition) is 4. The highest BCUT2D eigenvalue weighted by Crippen LogP contribution is 2.24. The molecule has 0 radical (unpaired) electrons. The van der Waals surface area contributed by atoms with Crippen molar-refractivity contribution in [3.05, 3.63) is 30.3 Å². The standard InChI is InChI=1S/C13H18O3S/c1-13(2,3)16-11(14)9-12(15)17-10-7-5-4-6-8-10/h4-8,12,15H,9H2,1-3H3. The SMILES string of the molecule is CC(C)(C)OC(=O)CC(O)Sc1ccccc1. The van der Waals surface area contributed by atoms with Gasteiger partial charge in [0, 0.05) is 4.90 Å². The van der Waals surface area contributed by atoms with Crippen molar-refractivity contribution in [2.24, 2.45) is 0 Å². The number of aliphatic hydroxyl groups excluding tert-OH is 1. The van der Waals surface area contributed by atoms with Gasteiger partial charge in [0.25, 0.3) is 0 Å². The Bertz CT molecular complexity index is 357. The molecule has 0 aliphatic carbocycles. The maximum atomic E-state index is 11.5. The van der Waals surface area contributed by atoms with Crippen molar-refractivity contribution < 1.29 is 14.6 Å².